The topological polar surface area (TPSA) is 131 Å². The Labute approximate surface area is 216 Å². The molecule has 2 bridgehead atoms. The molecular weight excluding hydrogens is 466 g/mol. The Kier molecular flexibility index (Phi) is 4.58. The third-order valence-corrected chi connectivity index (χ3v) is 10.8. The Balaban J connectivity index is 1.32. The van der Waals surface area contributed by atoms with Crippen molar-refractivity contribution in [1.29, 1.82) is 5.26 Å². The fraction of sp³-hybridized carbons (Fsp3) is 0.586. The predicted octanol–water partition coefficient (Wildman–Crippen LogP) is 3.14. The van der Waals surface area contributed by atoms with Crippen LogP contribution in [0.2, 0.25) is 0 Å². The van der Waals surface area contributed by atoms with Crippen LogP contribution in [0.1, 0.15) is 51.0 Å². The highest BCUT2D eigenvalue weighted by Crippen LogP contribution is 2.72. The van der Waals surface area contributed by atoms with E-state index < -0.39 is 28.8 Å². The number of nitrogens with one attached hydrogen (secondary N) is 1. The number of anilines is 1. The summed E-state index contributed by atoms with van der Waals surface area (Å²) in [5, 5.41) is 32.9. The van der Waals surface area contributed by atoms with Crippen LogP contribution < -0.4 is 5.73 Å². The molecule has 3 fully saturated rings. The summed E-state index contributed by atoms with van der Waals surface area (Å²) in [5.41, 5.74) is 8.64. The van der Waals surface area contributed by atoms with Crippen molar-refractivity contribution in [2.45, 2.75) is 74.9 Å². The number of nitrogen functional groups attached to an aromatic ring is 1. The second kappa shape index (κ2) is 7.23. The number of hydrogen-bond donors (Lipinski definition) is 4. The van der Waals surface area contributed by atoms with Crippen molar-refractivity contribution in [1.82, 2.24) is 14.9 Å². The SMILES string of the molecule is CN(C)C1CC23CCC4(O2)C2CC=C(c5ccc6nc(N)[nH]c6c5)C2(C)CCC4(C#N)C=C3C(O)C1O. The number of H-pyrrole nitrogens is 1. The molecule has 8 nitrogen and oxygen atoms in total. The first kappa shape index (κ1) is 23.4. The van der Waals surface area contributed by atoms with Gasteiger partial charge in [-0.3, -0.25) is 0 Å². The first-order chi connectivity index (χ1) is 17.6. The number of aliphatic hydroxyl groups excluding tert-OH is 2. The number of nitriles is 1. The van der Waals surface area contributed by atoms with Crippen LogP contribution in [0.15, 0.2) is 35.9 Å². The van der Waals surface area contributed by atoms with Crippen LogP contribution in [0.25, 0.3) is 16.6 Å². The van der Waals surface area contributed by atoms with Crippen LogP contribution >= 0.6 is 0 Å². The van der Waals surface area contributed by atoms with Crippen molar-refractivity contribution in [3.63, 3.8) is 0 Å². The van der Waals surface area contributed by atoms with E-state index in [4.69, 9.17) is 10.5 Å². The molecule has 8 unspecified atom stereocenters. The number of fused-ring (bicyclic) bond motifs is 2. The molecule has 5 N–H and O–H groups in total. The van der Waals surface area contributed by atoms with Crippen molar-refractivity contribution in [3.8, 4) is 6.07 Å². The molecule has 8 atom stereocenters. The normalized spacial score (nSPS) is 44.1. The first-order valence-corrected chi connectivity index (χ1v) is 13.4. The third kappa shape index (κ3) is 2.73. The zero-order valence-corrected chi connectivity index (χ0v) is 21.7. The average Bonchev–Trinajstić information content (AvgIpc) is 3.52. The Bertz CT molecular complexity index is 1420. The molecule has 1 saturated heterocycles. The molecule has 5 aliphatic rings. The molecule has 1 aromatic heterocycles. The molecule has 0 amide bonds. The lowest BCUT2D eigenvalue weighted by atomic mass is 9.49. The largest absolute Gasteiger partial charge is 0.388 e. The number of aromatic nitrogens is 2. The summed E-state index contributed by atoms with van der Waals surface area (Å²) in [5.74, 6) is 0.558. The first-order valence-electron chi connectivity index (χ1n) is 13.4. The quantitative estimate of drug-likeness (QED) is 0.465. The second-order valence-corrected chi connectivity index (χ2v) is 12.5. The summed E-state index contributed by atoms with van der Waals surface area (Å²) >= 11 is 0. The number of likely N-dealkylation sites (N-methyl/N-ethyl adjacent to an activating group) is 1. The summed E-state index contributed by atoms with van der Waals surface area (Å²) < 4.78 is 7.26. The Morgan fingerprint density at radius 1 is 1.22 bits per heavy atom. The maximum absolute atomic E-state index is 11.3. The molecule has 2 aromatic rings. The van der Waals surface area contributed by atoms with E-state index in [9.17, 15) is 15.5 Å². The zero-order valence-electron chi connectivity index (χ0n) is 21.7. The molecule has 1 aromatic carbocycles. The predicted molar refractivity (Wildman–Crippen MR) is 140 cm³/mol. The number of rotatable bonds is 2. The molecule has 194 valence electrons. The number of benzene rings is 1. The van der Waals surface area contributed by atoms with Gasteiger partial charge in [-0.25, -0.2) is 4.98 Å². The van der Waals surface area contributed by atoms with E-state index in [0.29, 0.717) is 18.8 Å². The maximum Gasteiger partial charge on any atom is 0.198 e. The average molecular weight is 502 g/mol. The summed E-state index contributed by atoms with van der Waals surface area (Å²) in [6.45, 7) is 2.34. The molecule has 3 heterocycles. The maximum atomic E-state index is 11.3. The minimum atomic E-state index is -1.03. The van der Waals surface area contributed by atoms with Crippen molar-refractivity contribution in [2.75, 3.05) is 19.8 Å². The van der Waals surface area contributed by atoms with E-state index >= 15 is 0 Å². The third-order valence-electron chi connectivity index (χ3n) is 10.8. The summed E-state index contributed by atoms with van der Waals surface area (Å²) in [4.78, 5) is 9.49. The smallest absolute Gasteiger partial charge is 0.198 e. The van der Waals surface area contributed by atoms with Crippen molar-refractivity contribution >= 4 is 22.6 Å². The Morgan fingerprint density at radius 2 is 2.03 bits per heavy atom. The van der Waals surface area contributed by atoms with E-state index in [2.05, 4.69) is 41.2 Å². The highest BCUT2D eigenvalue weighted by atomic mass is 16.5. The molecule has 8 heteroatoms. The summed E-state index contributed by atoms with van der Waals surface area (Å²) in [7, 11) is 3.88. The highest BCUT2D eigenvalue weighted by Gasteiger charge is 2.74. The zero-order chi connectivity index (χ0) is 26.0. The van der Waals surface area contributed by atoms with E-state index in [-0.39, 0.29) is 17.4 Å². The number of ether oxygens (including phenoxy) is 1. The Morgan fingerprint density at radius 3 is 2.78 bits per heavy atom. The molecule has 37 heavy (non-hydrogen) atoms. The monoisotopic (exact) mass is 501 g/mol. The molecule has 2 aliphatic heterocycles. The fourth-order valence-corrected chi connectivity index (χ4v) is 8.89. The van der Waals surface area contributed by atoms with Gasteiger partial charge in [0.15, 0.2) is 5.95 Å². The van der Waals surface area contributed by atoms with Crippen molar-refractivity contribution < 1.29 is 14.9 Å². The second-order valence-electron chi connectivity index (χ2n) is 12.5. The lowest BCUT2D eigenvalue weighted by Gasteiger charge is -2.61. The van der Waals surface area contributed by atoms with Gasteiger partial charge < -0.3 is 30.6 Å². The van der Waals surface area contributed by atoms with Gasteiger partial charge in [0, 0.05) is 12.0 Å². The van der Waals surface area contributed by atoms with Crippen molar-refractivity contribution in [2.24, 2.45) is 16.7 Å². The molecule has 2 spiro atoms. The van der Waals surface area contributed by atoms with E-state index in [1.54, 1.807) is 0 Å². The minimum Gasteiger partial charge on any atom is -0.388 e. The van der Waals surface area contributed by atoms with Gasteiger partial charge in [0.25, 0.3) is 0 Å². The number of imidazole rings is 1. The fourth-order valence-electron chi connectivity index (χ4n) is 8.89. The van der Waals surface area contributed by atoms with Gasteiger partial charge in [-0.2, -0.15) is 5.26 Å². The summed E-state index contributed by atoms with van der Waals surface area (Å²) in [6, 6.07) is 8.76. The molecule has 3 aliphatic carbocycles. The number of nitrogens with two attached hydrogens (primary N) is 1. The Hall–Kier alpha value is -2.70. The molecular formula is C29H35N5O3. The highest BCUT2D eigenvalue weighted by molar-refractivity contribution is 5.84. The van der Waals surface area contributed by atoms with Gasteiger partial charge in [-0.05, 0) is 86.9 Å². The van der Waals surface area contributed by atoms with E-state index in [1.807, 2.05) is 31.1 Å². The van der Waals surface area contributed by atoms with Crippen LogP contribution in [0.4, 0.5) is 5.95 Å². The lowest BCUT2D eigenvalue weighted by Crippen LogP contribution is -2.66. The van der Waals surface area contributed by atoms with Crippen LogP contribution in [-0.4, -0.2) is 68.6 Å². The molecule has 2 saturated carbocycles. The standard InChI is InChI=1S/C29H35N5O3/c1-26-8-9-27(15-30)13-18-23(35)24(36)21(34(2)3)14-28(18)10-11-29(27,37-28)22(26)7-5-17(26)16-4-6-19-20(12-16)33-25(31)32-19/h4-6,12-13,21-24,35-36H,7-11,14H2,1-3H3,(H3,31,32,33). The van der Waals surface area contributed by atoms with Gasteiger partial charge in [-0.15, -0.1) is 0 Å². The van der Waals surface area contributed by atoms with Gasteiger partial charge in [0.1, 0.15) is 11.5 Å². The van der Waals surface area contributed by atoms with E-state index in [0.717, 1.165) is 47.9 Å². The molecule has 7 rings (SSSR count). The van der Waals surface area contributed by atoms with Crippen LogP contribution in [0.5, 0.6) is 0 Å². The van der Waals surface area contributed by atoms with Crippen LogP contribution in [-0.2, 0) is 4.74 Å². The number of aromatic amines is 1. The molecule has 0 radical (unpaired) electrons. The lowest BCUT2D eigenvalue weighted by molar-refractivity contribution is -0.223. The van der Waals surface area contributed by atoms with Crippen LogP contribution in [0, 0.1) is 28.1 Å². The number of allylic oxidation sites excluding steroid dienone is 2. The van der Waals surface area contributed by atoms with Crippen LogP contribution in [0.3, 0.4) is 0 Å². The summed E-state index contributed by atoms with van der Waals surface area (Å²) in [6.07, 6.45) is 6.98. The van der Waals surface area contributed by atoms with Gasteiger partial charge >= 0.3 is 0 Å². The van der Waals surface area contributed by atoms with Gasteiger partial charge in [0.2, 0.25) is 0 Å². The minimum absolute atomic E-state index is 0.143. The van der Waals surface area contributed by atoms with Gasteiger partial charge in [0.05, 0.1) is 34.4 Å². The van der Waals surface area contributed by atoms with Crippen molar-refractivity contribution in [3.05, 3.63) is 41.5 Å². The van der Waals surface area contributed by atoms with E-state index in [1.165, 1.54) is 5.57 Å². The number of hydrogen-bond acceptors (Lipinski definition) is 7. The number of nitrogens with zero attached hydrogens (tertiary/aromatic N) is 3. The number of aliphatic hydroxyl groups is 2. The van der Waals surface area contributed by atoms with Gasteiger partial charge in [-0.1, -0.05) is 25.1 Å².